The van der Waals surface area contributed by atoms with Gasteiger partial charge in [-0.25, -0.2) is 13.6 Å². The Bertz CT molecular complexity index is 602. The van der Waals surface area contributed by atoms with Gasteiger partial charge in [-0.15, -0.1) is 0 Å². The van der Waals surface area contributed by atoms with Gasteiger partial charge in [-0.05, 0) is 24.5 Å². The molecule has 0 fully saturated rings. The van der Waals surface area contributed by atoms with Crippen LogP contribution in [-0.4, -0.2) is 28.8 Å². The van der Waals surface area contributed by atoms with E-state index in [1.54, 1.807) is 0 Å². The summed E-state index contributed by atoms with van der Waals surface area (Å²) in [6.07, 6.45) is -0.290. The zero-order valence-electron chi connectivity index (χ0n) is 12.9. The second-order valence-electron chi connectivity index (χ2n) is 5.64. The molecule has 0 saturated carbocycles. The Morgan fingerprint density at radius 3 is 2.35 bits per heavy atom. The van der Waals surface area contributed by atoms with Crippen molar-refractivity contribution in [2.45, 2.75) is 39.2 Å². The van der Waals surface area contributed by atoms with Crippen LogP contribution in [0.3, 0.4) is 0 Å². The van der Waals surface area contributed by atoms with E-state index in [9.17, 15) is 23.2 Å². The van der Waals surface area contributed by atoms with E-state index < -0.39 is 35.3 Å². The monoisotopic (exact) mass is 327 g/mol. The number of aliphatic carboxylic acids is 1. The normalized spacial score (nSPS) is 12.0. The lowest BCUT2D eigenvalue weighted by molar-refractivity contribution is -0.142. The van der Waals surface area contributed by atoms with Crippen LogP contribution in [0, 0.1) is 17.6 Å². The number of carbonyl (C=O) groups excluding carboxylic acids is 2. The molecule has 0 heterocycles. The van der Waals surface area contributed by atoms with Crippen molar-refractivity contribution in [1.29, 1.82) is 0 Å². The summed E-state index contributed by atoms with van der Waals surface area (Å²) >= 11 is 0. The second kappa shape index (κ2) is 8.36. The Kier molecular flexibility index (Phi) is 6.81. The van der Waals surface area contributed by atoms with Crippen LogP contribution in [0.5, 0.6) is 0 Å². The Morgan fingerprint density at radius 1 is 1.17 bits per heavy atom. The molecule has 126 valence electrons. The summed E-state index contributed by atoms with van der Waals surface area (Å²) in [7, 11) is 0. The predicted molar refractivity (Wildman–Crippen MR) is 78.9 cm³/mol. The fourth-order valence-corrected chi connectivity index (χ4v) is 2.04. The number of hydrogen-bond donors (Lipinski definition) is 2. The van der Waals surface area contributed by atoms with Crippen LogP contribution in [0.4, 0.5) is 8.78 Å². The molecule has 23 heavy (non-hydrogen) atoms. The third-order valence-electron chi connectivity index (χ3n) is 3.15. The molecule has 1 rings (SSSR count). The molecule has 7 heteroatoms. The first kappa shape index (κ1) is 18.7. The summed E-state index contributed by atoms with van der Waals surface area (Å²) in [6, 6.07) is 1.54. The Morgan fingerprint density at radius 2 is 1.83 bits per heavy atom. The lowest BCUT2D eigenvalue weighted by Crippen LogP contribution is -2.41. The highest BCUT2D eigenvalue weighted by atomic mass is 19.1. The molecule has 0 saturated heterocycles. The number of hydrogen-bond acceptors (Lipinski definition) is 3. The van der Waals surface area contributed by atoms with Gasteiger partial charge >= 0.3 is 5.97 Å². The maximum atomic E-state index is 13.4. The lowest BCUT2D eigenvalue weighted by atomic mass is 10.0. The van der Waals surface area contributed by atoms with Crippen molar-refractivity contribution in [3.8, 4) is 0 Å². The van der Waals surface area contributed by atoms with Gasteiger partial charge in [-0.1, -0.05) is 13.8 Å². The Labute approximate surface area is 132 Å². The van der Waals surface area contributed by atoms with Gasteiger partial charge in [0.2, 0.25) is 5.91 Å². The van der Waals surface area contributed by atoms with Crippen molar-refractivity contribution in [3.63, 3.8) is 0 Å². The maximum Gasteiger partial charge on any atom is 0.326 e. The van der Waals surface area contributed by atoms with Crippen molar-refractivity contribution < 1.29 is 28.3 Å². The van der Waals surface area contributed by atoms with Gasteiger partial charge < -0.3 is 10.4 Å². The minimum Gasteiger partial charge on any atom is -0.480 e. The van der Waals surface area contributed by atoms with Crippen molar-refractivity contribution in [1.82, 2.24) is 5.32 Å². The molecule has 0 aliphatic carbocycles. The molecular weight excluding hydrogens is 308 g/mol. The van der Waals surface area contributed by atoms with E-state index >= 15 is 0 Å². The molecule has 1 unspecified atom stereocenters. The average molecular weight is 327 g/mol. The average Bonchev–Trinajstić information content (AvgIpc) is 2.43. The molecule has 2 N–H and O–H groups in total. The number of carboxylic acids is 1. The zero-order valence-corrected chi connectivity index (χ0v) is 12.9. The molecule has 1 aromatic rings. The molecule has 0 aliphatic rings. The lowest BCUT2D eigenvalue weighted by Gasteiger charge is -2.16. The van der Waals surface area contributed by atoms with Gasteiger partial charge in [0.15, 0.2) is 5.78 Å². The van der Waals surface area contributed by atoms with Gasteiger partial charge in [0.05, 0.1) is 5.56 Å². The first-order chi connectivity index (χ1) is 10.7. The number of carboxylic acid groups (broad SMARTS) is 1. The number of nitrogens with one attached hydrogen (secondary N) is 1. The summed E-state index contributed by atoms with van der Waals surface area (Å²) in [6.45, 7) is 3.64. The SMILES string of the molecule is CC(C)CC(NC(=O)CCC(=O)c1ccc(F)cc1F)C(=O)O. The number of amides is 1. The first-order valence-corrected chi connectivity index (χ1v) is 7.21. The highest BCUT2D eigenvalue weighted by molar-refractivity contribution is 5.98. The number of halogens is 2. The minimum absolute atomic E-state index is 0.0753. The highest BCUT2D eigenvalue weighted by Crippen LogP contribution is 2.13. The first-order valence-electron chi connectivity index (χ1n) is 7.21. The number of carbonyl (C=O) groups is 3. The van der Waals surface area contributed by atoms with Crippen molar-refractivity contribution in [3.05, 3.63) is 35.4 Å². The van der Waals surface area contributed by atoms with E-state index in [0.717, 1.165) is 12.1 Å². The number of benzene rings is 1. The van der Waals surface area contributed by atoms with Crippen LogP contribution in [0.1, 0.15) is 43.5 Å². The fraction of sp³-hybridized carbons (Fsp3) is 0.438. The second-order valence-corrected chi connectivity index (χ2v) is 5.64. The molecule has 0 aromatic heterocycles. The third-order valence-corrected chi connectivity index (χ3v) is 3.15. The van der Waals surface area contributed by atoms with E-state index in [0.29, 0.717) is 6.07 Å². The Balaban J connectivity index is 2.58. The topological polar surface area (TPSA) is 83.5 Å². The van der Waals surface area contributed by atoms with Crippen LogP contribution < -0.4 is 5.32 Å². The maximum absolute atomic E-state index is 13.4. The van der Waals surface area contributed by atoms with Crippen molar-refractivity contribution in [2.24, 2.45) is 5.92 Å². The smallest absolute Gasteiger partial charge is 0.326 e. The van der Waals surface area contributed by atoms with Crippen LogP contribution in [0.15, 0.2) is 18.2 Å². The molecule has 0 spiro atoms. The standard InChI is InChI=1S/C16H19F2NO4/c1-9(2)7-13(16(22)23)19-15(21)6-5-14(20)11-4-3-10(17)8-12(11)18/h3-4,8-9,13H,5-7H2,1-2H3,(H,19,21)(H,22,23). The fourth-order valence-electron chi connectivity index (χ4n) is 2.04. The molecule has 0 bridgehead atoms. The van der Waals surface area contributed by atoms with Gasteiger partial charge in [-0.2, -0.15) is 0 Å². The van der Waals surface area contributed by atoms with E-state index in [2.05, 4.69) is 5.32 Å². The van der Waals surface area contributed by atoms with Crippen molar-refractivity contribution >= 4 is 17.7 Å². The summed E-state index contributed by atoms with van der Waals surface area (Å²) in [5.41, 5.74) is -0.295. The van der Waals surface area contributed by atoms with Crippen LogP contribution in [0.2, 0.25) is 0 Å². The van der Waals surface area contributed by atoms with E-state index in [1.807, 2.05) is 13.8 Å². The third kappa shape index (κ3) is 6.14. The Hall–Kier alpha value is -2.31. The largest absolute Gasteiger partial charge is 0.480 e. The minimum atomic E-state index is -1.15. The van der Waals surface area contributed by atoms with E-state index in [4.69, 9.17) is 5.11 Å². The highest BCUT2D eigenvalue weighted by Gasteiger charge is 2.21. The molecule has 1 atom stereocenters. The predicted octanol–water partition coefficient (Wildman–Crippen LogP) is 2.54. The van der Waals surface area contributed by atoms with Gasteiger partial charge in [0, 0.05) is 18.9 Å². The summed E-state index contributed by atoms with van der Waals surface area (Å²) in [5, 5.41) is 11.4. The summed E-state index contributed by atoms with van der Waals surface area (Å²) in [5.74, 6) is -4.11. The van der Waals surface area contributed by atoms with Gasteiger partial charge in [0.1, 0.15) is 17.7 Å². The molecule has 1 aromatic carbocycles. The van der Waals surface area contributed by atoms with Crippen LogP contribution in [-0.2, 0) is 9.59 Å². The quantitative estimate of drug-likeness (QED) is 0.719. The van der Waals surface area contributed by atoms with E-state index in [1.165, 1.54) is 0 Å². The summed E-state index contributed by atoms with van der Waals surface area (Å²) in [4.78, 5) is 34.6. The van der Waals surface area contributed by atoms with Crippen molar-refractivity contribution in [2.75, 3.05) is 0 Å². The zero-order chi connectivity index (χ0) is 17.6. The van der Waals surface area contributed by atoms with Gasteiger partial charge in [0.25, 0.3) is 0 Å². The van der Waals surface area contributed by atoms with Gasteiger partial charge in [-0.3, -0.25) is 9.59 Å². The number of ketones is 1. The molecule has 5 nitrogen and oxygen atoms in total. The number of rotatable bonds is 8. The molecular formula is C16H19F2NO4. The summed E-state index contributed by atoms with van der Waals surface area (Å²) < 4.78 is 26.2. The molecule has 1 amide bonds. The van der Waals surface area contributed by atoms with Crippen LogP contribution in [0.25, 0.3) is 0 Å². The number of Topliss-reactive ketones (excluding diaryl/α,β-unsaturated/α-hetero) is 1. The van der Waals surface area contributed by atoms with Crippen LogP contribution >= 0.6 is 0 Å². The van der Waals surface area contributed by atoms with E-state index in [-0.39, 0.29) is 30.7 Å². The molecule has 0 aliphatic heterocycles. The molecule has 0 radical (unpaired) electrons.